The van der Waals surface area contributed by atoms with E-state index in [1.165, 1.54) is 23.3 Å². The normalized spacial score (nSPS) is 15.3. The van der Waals surface area contributed by atoms with Gasteiger partial charge in [0.2, 0.25) is 0 Å². The quantitative estimate of drug-likeness (QED) is 0.829. The van der Waals surface area contributed by atoms with Crippen LogP contribution in [0.1, 0.15) is 11.1 Å². The molecule has 134 valence electrons. The van der Waals surface area contributed by atoms with Crippen LogP contribution in [0.2, 0.25) is 0 Å². The van der Waals surface area contributed by atoms with E-state index in [4.69, 9.17) is 9.47 Å². The van der Waals surface area contributed by atoms with Crippen LogP contribution < -0.4 is 14.4 Å². The fraction of sp³-hybridized carbons (Fsp3) is 0.400. The molecule has 5 heteroatoms. The van der Waals surface area contributed by atoms with E-state index in [1.54, 1.807) is 14.2 Å². The SMILES string of the molecule is COc1cc(C)c(CN2CCN(c3ccc(F)cc3)CC2)cc1OC. The lowest BCUT2D eigenvalue weighted by Crippen LogP contribution is -2.46. The number of hydrogen-bond donors (Lipinski definition) is 0. The average Bonchev–Trinajstić information content (AvgIpc) is 2.64. The maximum atomic E-state index is 13.1. The van der Waals surface area contributed by atoms with Gasteiger partial charge < -0.3 is 14.4 Å². The summed E-state index contributed by atoms with van der Waals surface area (Å²) in [6.45, 7) is 6.84. The molecule has 2 aromatic carbocycles. The summed E-state index contributed by atoms with van der Waals surface area (Å²) in [6.07, 6.45) is 0. The van der Waals surface area contributed by atoms with Crippen molar-refractivity contribution < 1.29 is 13.9 Å². The predicted molar refractivity (Wildman–Crippen MR) is 98.2 cm³/mol. The third-order valence-corrected chi connectivity index (χ3v) is 4.80. The van der Waals surface area contributed by atoms with Crippen LogP contribution in [-0.2, 0) is 6.54 Å². The van der Waals surface area contributed by atoms with Crippen molar-refractivity contribution in [2.24, 2.45) is 0 Å². The van der Waals surface area contributed by atoms with Crippen molar-refractivity contribution in [1.29, 1.82) is 0 Å². The van der Waals surface area contributed by atoms with Crippen LogP contribution >= 0.6 is 0 Å². The molecular weight excluding hydrogens is 319 g/mol. The summed E-state index contributed by atoms with van der Waals surface area (Å²) < 4.78 is 23.9. The lowest BCUT2D eigenvalue weighted by molar-refractivity contribution is 0.249. The van der Waals surface area contributed by atoms with Gasteiger partial charge in [0.05, 0.1) is 14.2 Å². The Bertz CT molecular complexity index is 710. The highest BCUT2D eigenvalue weighted by molar-refractivity contribution is 5.48. The smallest absolute Gasteiger partial charge is 0.161 e. The summed E-state index contributed by atoms with van der Waals surface area (Å²) in [5.74, 6) is 1.35. The Balaban J connectivity index is 1.63. The van der Waals surface area contributed by atoms with E-state index in [-0.39, 0.29) is 5.82 Å². The van der Waals surface area contributed by atoms with E-state index in [9.17, 15) is 4.39 Å². The molecule has 1 aliphatic heterocycles. The Kier molecular flexibility index (Phi) is 5.43. The van der Waals surface area contributed by atoms with Gasteiger partial charge in [-0.25, -0.2) is 4.39 Å². The highest BCUT2D eigenvalue weighted by atomic mass is 19.1. The number of hydrogen-bond acceptors (Lipinski definition) is 4. The van der Waals surface area contributed by atoms with Crippen LogP contribution in [0.3, 0.4) is 0 Å². The number of anilines is 1. The summed E-state index contributed by atoms with van der Waals surface area (Å²) in [4.78, 5) is 4.74. The lowest BCUT2D eigenvalue weighted by atomic mass is 10.1. The van der Waals surface area contributed by atoms with Crippen LogP contribution in [0, 0.1) is 12.7 Å². The summed E-state index contributed by atoms with van der Waals surface area (Å²) >= 11 is 0. The van der Waals surface area contributed by atoms with Crippen molar-refractivity contribution >= 4 is 5.69 Å². The second-order valence-corrected chi connectivity index (χ2v) is 6.37. The van der Waals surface area contributed by atoms with Gasteiger partial charge in [0, 0.05) is 38.4 Å². The molecule has 4 nitrogen and oxygen atoms in total. The zero-order valence-corrected chi connectivity index (χ0v) is 15.1. The van der Waals surface area contributed by atoms with Gasteiger partial charge in [-0.05, 0) is 54.4 Å². The molecule has 0 amide bonds. The molecule has 0 radical (unpaired) electrons. The molecule has 0 atom stereocenters. The van der Waals surface area contributed by atoms with Gasteiger partial charge in [0.1, 0.15) is 5.82 Å². The lowest BCUT2D eigenvalue weighted by Gasteiger charge is -2.36. The number of ether oxygens (including phenoxy) is 2. The summed E-state index contributed by atoms with van der Waals surface area (Å²) in [5.41, 5.74) is 3.55. The Morgan fingerprint density at radius 3 is 2.12 bits per heavy atom. The Morgan fingerprint density at radius 2 is 1.52 bits per heavy atom. The predicted octanol–water partition coefficient (Wildman–Crippen LogP) is 3.47. The Labute approximate surface area is 148 Å². The van der Waals surface area contributed by atoms with Crippen molar-refractivity contribution in [2.45, 2.75) is 13.5 Å². The van der Waals surface area contributed by atoms with Crippen LogP contribution in [0.25, 0.3) is 0 Å². The molecule has 0 N–H and O–H groups in total. The van der Waals surface area contributed by atoms with Crippen LogP contribution in [0.15, 0.2) is 36.4 Å². The van der Waals surface area contributed by atoms with Crippen molar-refractivity contribution in [2.75, 3.05) is 45.3 Å². The third kappa shape index (κ3) is 4.04. The molecular formula is C20H25FN2O2. The first kappa shape index (κ1) is 17.5. The number of piperazine rings is 1. The average molecular weight is 344 g/mol. The Morgan fingerprint density at radius 1 is 0.920 bits per heavy atom. The van der Waals surface area contributed by atoms with E-state index in [1.807, 2.05) is 18.2 Å². The van der Waals surface area contributed by atoms with Crippen molar-refractivity contribution in [3.8, 4) is 11.5 Å². The summed E-state index contributed by atoms with van der Waals surface area (Å²) in [6, 6.07) is 10.8. The first-order valence-corrected chi connectivity index (χ1v) is 8.55. The molecule has 0 aliphatic carbocycles. The second-order valence-electron chi connectivity index (χ2n) is 6.37. The third-order valence-electron chi connectivity index (χ3n) is 4.80. The van der Waals surface area contributed by atoms with Gasteiger partial charge in [0.15, 0.2) is 11.5 Å². The molecule has 0 saturated carbocycles. The van der Waals surface area contributed by atoms with Crippen molar-refractivity contribution in [3.63, 3.8) is 0 Å². The van der Waals surface area contributed by atoms with E-state index in [2.05, 4.69) is 22.8 Å². The molecule has 0 unspecified atom stereocenters. The second kappa shape index (κ2) is 7.74. The molecule has 1 saturated heterocycles. The van der Waals surface area contributed by atoms with Gasteiger partial charge >= 0.3 is 0 Å². The minimum Gasteiger partial charge on any atom is -0.493 e. The van der Waals surface area contributed by atoms with Gasteiger partial charge in [0.25, 0.3) is 0 Å². The summed E-state index contributed by atoms with van der Waals surface area (Å²) in [7, 11) is 3.32. The highest BCUT2D eigenvalue weighted by Crippen LogP contribution is 2.31. The molecule has 1 heterocycles. The molecule has 0 bridgehead atoms. The van der Waals surface area contributed by atoms with Crippen molar-refractivity contribution in [3.05, 3.63) is 53.3 Å². The number of nitrogens with zero attached hydrogens (tertiary/aromatic N) is 2. The van der Waals surface area contributed by atoms with E-state index in [0.29, 0.717) is 0 Å². The minimum absolute atomic E-state index is 0.189. The molecule has 0 spiro atoms. The fourth-order valence-electron chi connectivity index (χ4n) is 3.25. The van der Waals surface area contributed by atoms with Gasteiger partial charge in [-0.1, -0.05) is 0 Å². The van der Waals surface area contributed by atoms with Gasteiger partial charge in [-0.15, -0.1) is 0 Å². The molecule has 1 aliphatic rings. The largest absolute Gasteiger partial charge is 0.493 e. The first-order valence-electron chi connectivity index (χ1n) is 8.55. The van der Waals surface area contributed by atoms with Crippen LogP contribution in [0.4, 0.5) is 10.1 Å². The summed E-state index contributed by atoms with van der Waals surface area (Å²) in [5, 5.41) is 0. The first-order chi connectivity index (χ1) is 12.1. The molecule has 3 rings (SSSR count). The molecule has 0 aromatic heterocycles. The number of halogens is 1. The number of methoxy groups -OCH3 is 2. The fourth-order valence-corrected chi connectivity index (χ4v) is 3.25. The topological polar surface area (TPSA) is 24.9 Å². The van der Waals surface area contributed by atoms with Gasteiger partial charge in [-0.3, -0.25) is 4.90 Å². The Hall–Kier alpha value is -2.27. The van der Waals surface area contributed by atoms with Crippen molar-refractivity contribution in [1.82, 2.24) is 4.90 Å². The zero-order chi connectivity index (χ0) is 17.8. The molecule has 1 fully saturated rings. The highest BCUT2D eigenvalue weighted by Gasteiger charge is 2.19. The van der Waals surface area contributed by atoms with Crippen LogP contribution in [0.5, 0.6) is 11.5 Å². The maximum absolute atomic E-state index is 13.1. The number of rotatable bonds is 5. The van der Waals surface area contributed by atoms with Crippen LogP contribution in [-0.4, -0.2) is 45.3 Å². The van der Waals surface area contributed by atoms with E-state index >= 15 is 0 Å². The zero-order valence-electron chi connectivity index (χ0n) is 15.1. The monoisotopic (exact) mass is 344 g/mol. The maximum Gasteiger partial charge on any atom is 0.161 e. The number of aryl methyl sites for hydroxylation is 1. The standard InChI is InChI=1S/C20H25FN2O2/c1-15-12-19(24-2)20(25-3)13-16(15)14-22-8-10-23(11-9-22)18-6-4-17(21)5-7-18/h4-7,12-13H,8-11,14H2,1-3H3. The van der Waals surface area contributed by atoms with E-state index < -0.39 is 0 Å². The molecule has 2 aromatic rings. The van der Waals surface area contributed by atoms with Gasteiger partial charge in [-0.2, -0.15) is 0 Å². The number of benzene rings is 2. The molecule has 25 heavy (non-hydrogen) atoms. The minimum atomic E-state index is -0.189. The van der Waals surface area contributed by atoms with E-state index in [0.717, 1.165) is 49.9 Å².